The van der Waals surface area contributed by atoms with Gasteiger partial charge < -0.3 is 10.1 Å². The molecule has 1 amide bonds. The first-order chi connectivity index (χ1) is 16.4. The average Bonchev–Trinajstić information content (AvgIpc) is 2.86. The fraction of sp³-hybridized carbons (Fsp3) is 0.480. The minimum atomic E-state index is -3.70. The van der Waals surface area contributed by atoms with Crippen LogP contribution in [0.15, 0.2) is 47.4 Å². The van der Waals surface area contributed by atoms with E-state index < -0.39 is 10.0 Å². The van der Waals surface area contributed by atoms with E-state index in [1.54, 1.807) is 12.1 Å². The molecule has 2 heterocycles. The fourth-order valence-electron chi connectivity index (χ4n) is 4.73. The van der Waals surface area contributed by atoms with Gasteiger partial charge in [0.05, 0.1) is 13.0 Å². The number of methoxy groups -OCH3 is 1. The van der Waals surface area contributed by atoms with E-state index in [2.05, 4.69) is 10.2 Å². The Kier molecular flexibility index (Phi) is 8.14. The van der Waals surface area contributed by atoms with Crippen molar-refractivity contribution in [1.82, 2.24) is 9.21 Å². The SMILES string of the molecule is COc1ccc(NC(=O)C2CCCN(Cc3ccccc3Cl)C2)cc1S(=O)(=O)N1CCCCC1. The molecule has 9 heteroatoms. The van der Waals surface area contributed by atoms with Gasteiger partial charge in [-0.2, -0.15) is 4.31 Å². The molecule has 1 atom stereocenters. The Morgan fingerprint density at radius 1 is 1.09 bits per heavy atom. The van der Waals surface area contributed by atoms with E-state index in [4.69, 9.17) is 16.3 Å². The quantitative estimate of drug-likeness (QED) is 0.604. The van der Waals surface area contributed by atoms with Gasteiger partial charge in [0.2, 0.25) is 15.9 Å². The number of hydrogen-bond acceptors (Lipinski definition) is 5. The van der Waals surface area contributed by atoms with Crippen LogP contribution >= 0.6 is 11.6 Å². The average molecular weight is 506 g/mol. The Balaban J connectivity index is 1.46. The van der Waals surface area contributed by atoms with Gasteiger partial charge in [-0.1, -0.05) is 36.2 Å². The molecule has 34 heavy (non-hydrogen) atoms. The Morgan fingerprint density at radius 2 is 1.85 bits per heavy atom. The van der Waals surface area contributed by atoms with Crippen LogP contribution in [0.5, 0.6) is 5.75 Å². The van der Waals surface area contributed by atoms with Crippen molar-refractivity contribution in [3.8, 4) is 5.75 Å². The number of hydrogen-bond donors (Lipinski definition) is 1. The molecule has 0 radical (unpaired) electrons. The summed E-state index contributed by atoms with van der Waals surface area (Å²) in [5.74, 6) is 0.00277. The molecule has 1 N–H and O–H groups in total. The van der Waals surface area contributed by atoms with Crippen molar-refractivity contribution in [1.29, 1.82) is 0 Å². The highest BCUT2D eigenvalue weighted by atomic mass is 35.5. The number of carbonyl (C=O) groups excluding carboxylic acids is 1. The van der Waals surface area contributed by atoms with Crippen LogP contribution in [-0.2, 0) is 21.4 Å². The lowest BCUT2D eigenvalue weighted by molar-refractivity contribution is -0.121. The predicted molar refractivity (Wildman–Crippen MR) is 134 cm³/mol. The predicted octanol–water partition coefficient (Wildman–Crippen LogP) is 4.37. The van der Waals surface area contributed by atoms with Crippen LogP contribution in [0.25, 0.3) is 0 Å². The number of nitrogens with one attached hydrogen (secondary N) is 1. The second kappa shape index (κ2) is 11.1. The summed E-state index contributed by atoms with van der Waals surface area (Å²) in [5.41, 5.74) is 1.51. The summed E-state index contributed by atoms with van der Waals surface area (Å²) in [4.78, 5) is 15.4. The first-order valence-electron chi connectivity index (χ1n) is 11.8. The lowest BCUT2D eigenvalue weighted by Gasteiger charge is -2.32. The molecule has 2 aromatic carbocycles. The first kappa shape index (κ1) is 25.0. The maximum Gasteiger partial charge on any atom is 0.246 e. The van der Waals surface area contributed by atoms with E-state index in [9.17, 15) is 13.2 Å². The van der Waals surface area contributed by atoms with E-state index in [0.717, 1.165) is 49.2 Å². The van der Waals surface area contributed by atoms with Crippen LogP contribution in [-0.4, -0.2) is 56.8 Å². The standard InChI is InChI=1S/C25H32ClN3O4S/c1-33-23-12-11-21(16-24(23)34(31,32)29-14-5-2-6-15-29)27-25(30)20-9-7-13-28(18-20)17-19-8-3-4-10-22(19)26/h3-4,8,10-12,16,20H,2,5-7,9,13-15,17-18H2,1H3,(H,27,30). The third-order valence-electron chi connectivity index (χ3n) is 6.59. The van der Waals surface area contributed by atoms with Crippen LogP contribution in [0.4, 0.5) is 5.69 Å². The summed E-state index contributed by atoms with van der Waals surface area (Å²) >= 11 is 6.31. The molecule has 0 bridgehead atoms. The minimum absolute atomic E-state index is 0.0960. The summed E-state index contributed by atoms with van der Waals surface area (Å²) in [7, 11) is -2.24. The summed E-state index contributed by atoms with van der Waals surface area (Å²) < 4.78 is 33.4. The minimum Gasteiger partial charge on any atom is -0.495 e. The van der Waals surface area contributed by atoms with Crippen molar-refractivity contribution in [3.05, 3.63) is 53.1 Å². The van der Waals surface area contributed by atoms with Crippen LogP contribution < -0.4 is 10.1 Å². The van der Waals surface area contributed by atoms with Crippen molar-refractivity contribution in [2.75, 3.05) is 38.6 Å². The zero-order chi connectivity index (χ0) is 24.1. The van der Waals surface area contributed by atoms with Gasteiger partial charge in [-0.05, 0) is 62.1 Å². The summed E-state index contributed by atoms with van der Waals surface area (Å²) in [6.07, 6.45) is 4.45. The molecule has 2 aliphatic rings. The van der Waals surface area contributed by atoms with Crippen molar-refractivity contribution in [2.45, 2.75) is 43.5 Å². The zero-order valence-corrected chi connectivity index (χ0v) is 21.1. The van der Waals surface area contributed by atoms with Crippen molar-refractivity contribution in [3.63, 3.8) is 0 Å². The number of amides is 1. The summed E-state index contributed by atoms with van der Waals surface area (Å²) in [5, 5.41) is 3.68. The molecule has 0 aromatic heterocycles. The monoisotopic (exact) mass is 505 g/mol. The van der Waals surface area contributed by atoms with Crippen molar-refractivity contribution < 1.29 is 17.9 Å². The zero-order valence-electron chi connectivity index (χ0n) is 19.5. The number of ether oxygens (including phenoxy) is 1. The highest BCUT2D eigenvalue weighted by molar-refractivity contribution is 7.89. The molecule has 1 unspecified atom stereocenters. The summed E-state index contributed by atoms with van der Waals surface area (Å²) in [6, 6.07) is 12.6. The van der Waals surface area contributed by atoms with Gasteiger partial charge in [-0.3, -0.25) is 9.69 Å². The number of carbonyl (C=O) groups is 1. The van der Waals surface area contributed by atoms with Crippen molar-refractivity contribution in [2.24, 2.45) is 5.92 Å². The number of nitrogens with zero attached hydrogens (tertiary/aromatic N) is 2. The molecular weight excluding hydrogens is 474 g/mol. The number of piperidine rings is 2. The van der Waals surface area contributed by atoms with Gasteiger partial charge in [0, 0.05) is 36.9 Å². The van der Waals surface area contributed by atoms with Gasteiger partial charge in [0.1, 0.15) is 10.6 Å². The normalized spacial score (nSPS) is 20.1. The number of benzene rings is 2. The first-order valence-corrected chi connectivity index (χ1v) is 13.6. The van der Waals surface area contributed by atoms with Gasteiger partial charge in [0.15, 0.2) is 0 Å². The molecule has 2 saturated heterocycles. The molecule has 0 saturated carbocycles. The Morgan fingerprint density at radius 3 is 2.59 bits per heavy atom. The lowest BCUT2D eigenvalue weighted by atomic mass is 9.96. The largest absolute Gasteiger partial charge is 0.495 e. The highest BCUT2D eigenvalue weighted by Crippen LogP contribution is 2.32. The Bertz CT molecular complexity index is 1120. The number of halogens is 1. The lowest BCUT2D eigenvalue weighted by Crippen LogP contribution is -2.40. The number of sulfonamides is 1. The van der Waals surface area contributed by atoms with E-state index in [1.807, 2.05) is 24.3 Å². The van der Waals surface area contributed by atoms with Gasteiger partial charge in [-0.15, -0.1) is 0 Å². The smallest absolute Gasteiger partial charge is 0.246 e. The third-order valence-corrected chi connectivity index (χ3v) is 8.88. The molecule has 2 aliphatic heterocycles. The Hall–Kier alpha value is -2.13. The van der Waals surface area contributed by atoms with Crippen LogP contribution in [0.3, 0.4) is 0 Å². The highest BCUT2D eigenvalue weighted by Gasteiger charge is 2.30. The van der Waals surface area contributed by atoms with Gasteiger partial charge in [0.25, 0.3) is 0 Å². The molecule has 0 spiro atoms. The van der Waals surface area contributed by atoms with E-state index >= 15 is 0 Å². The van der Waals surface area contributed by atoms with Gasteiger partial charge >= 0.3 is 0 Å². The number of rotatable bonds is 7. The van der Waals surface area contributed by atoms with E-state index in [-0.39, 0.29) is 22.5 Å². The van der Waals surface area contributed by atoms with Gasteiger partial charge in [-0.25, -0.2) is 8.42 Å². The third kappa shape index (κ3) is 5.74. The molecule has 4 rings (SSSR count). The molecule has 2 aromatic rings. The molecule has 7 nitrogen and oxygen atoms in total. The van der Waals surface area contributed by atoms with E-state index in [1.165, 1.54) is 17.5 Å². The molecule has 184 valence electrons. The number of likely N-dealkylation sites (tertiary alicyclic amines) is 1. The van der Waals surface area contributed by atoms with Crippen molar-refractivity contribution >= 4 is 33.2 Å². The second-order valence-corrected chi connectivity index (χ2v) is 11.3. The van der Waals surface area contributed by atoms with Crippen LogP contribution in [0.1, 0.15) is 37.7 Å². The maximum absolute atomic E-state index is 13.3. The second-order valence-electron chi connectivity index (χ2n) is 8.99. The maximum atomic E-state index is 13.3. The number of anilines is 1. The Labute approximate surface area is 207 Å². The fourth-order valence-corrected chi connectivity index (χ4v) is 6.62. The van der Waals surface area contributed by atoms with E-state index in [0.29, 0.717) is 31.9 Å². The molecule has 2 fully saturated rings. The molecular formula is C25H32ClN3O4S. The summed E-state index contributed by atoms with van der Waals surface area (Å²) in [6.45, 7) is 3.25. The molecule has 0 aliphatic carbocycles. The van der Waals surface area contributed by atoms with Crippen LogP contribution in [0.2, 0.25) is 5.02 Å². The topological polar surface area (TPSA) is 79.0 Å². The van der Waals surface area contributed by atoms with Crippen LogP contribution in [0, 0.1) is 5.92 Å².